The molecule has 0 spiro atoms. The first kappa shape index (κ1) is 17.0. The number of carbonyl (C=O) groups is 1. The third kappa shape index (κ3) is 5.49. The Morgan fingerprint density at radius 1 is 1.35 bits per heavy atom. The van der Waals surface area contributed by atoms with Crippen LogP contribution in [0.25, 0.3) is 0 Å². The molecule has 20 heavy (non-hydrogen) atoms. The van der Waals surface area contributed by atoms with Gasteiger partial charge >= 0.3 is 0 Å². The van der Waals surface area contributed by atoms with Crippen molar-refractivity contribution in [3.05, 3.63) is 34.9 Å². The van der Waals surface area contributed by atoms with Gasteiger partial charge in [-0.15, -0.1) is 0 Å². The fourth-order valence-electron chi connectivity index (χ4n) is 1.99. The van der Waals surface area contributed by atoms with E-state index in [0.717, 1.165) is 5.56 Å². The van der Waals surface area contributed by atoms with E-state index >= 15 is 0 Å². The average Bonchev–Trinajstić information content (AvgIpc) is 2.40. The molecule has 0 aliphatic heterocycles. The van der Waals surface area contributed by atoms with Crippen LogP contribution in [0.2, 0.25) is 5.02 Å². The Hall–Kier alpha value is -1.10. The summed E-state index contributed by atoms with van der Waals surface area (Å²) < 4.78 is 0. The van der Waals surface area contributed by atoms with Crippen LogP contribution in [-0.2, 0) is 11.3 Å². The minimum Gasteiger partial charge on any atom is -0.395 e. The highest BCUT2D eigenvalue weighted by Gasteiger charge is 2.15. The minimum absolute atomic E-state index is 0.00771. The Morgan fingerprint density at radius 2 is 2.00 bits per heavy atom. The molecule has 1 rings (SSSR count). The number of carbonyl (C=O) groups excluding carboxylic acids is 1. The number of hydrogen-bond acceptors (Lipinski definition) is 3. The molecular weight excluding hydrogens is 276 g/mol. The molecule has 0 saturated heterocycles. The van der Waals surface area contributed by atoms with E-state index in [2.05, 4.69) is 5.32 Å². The summed E-state index contributed by atoms with van der Waals surface area (Å²) in [6.07, 6.45) is 0.394. The summed E-state index contributed by atoms with van der Waals surface area (Å²) in [5.41, 5.74) is 0.939. The van der Waals surface area contributed by atoms with Crippen molar-refractivity contribution in [1.29, 1.82) is 0 Å². The lowest BCUT2D eigenvalue weighted by Crippen LogP contribution is -2.40. The van der Waals surface area contributed by atoms with Crippen molar-refractivity contribution in [1.82, 2.24) is 10.2 Å². The quantitative estimate of drug-likeness (QED) is 0.810. The Bertz CT molecular complexity index is 440. The average molecular weight is 299 g/mol. The number of nitrogens with one attached hydrogen (secondary N) is 1. The van der Waals surface area contributed by atoms with Crippen molar-refractivity contribution in [2.24, 2.45) is 0 Å². The lowest BCUT2D eigenvalue weighted by molar-refractivity contribution is -0.130. The van der Waals surface area contributed by atoms with Gasteiger partial charge in [-0.2, -0.15) is 0 Å². The van der Waals surface area contributed by atoms with Crippen LogP contribution in [0, 0.1) is 0 Å². The van der Waals surface area contributed by atoms with E-state index in [9.17, 15) is 4.79 Å². The molecule has 0 saturated carbocycles. The van der Waals surface area contributed by atoms with Crippen LogP contribution in [-0.4, -0.2) is 41.7 Å². The molecule has 0 aliphatic carbocycles. The highest BCUT2D eigenvalue weighted by molar-refractivity contribution is 6.31. The summed E-state index contributed by atoms with van der Waals surface area (Å²) in [5.74, 6) is 0.0510. The van der Waals surface area contributed by atoms with Gasteiger partial charge in [0.05, 0.1) is 6.61 Å². The van der Waals surface area contributed by atoms with Crippen molar-refractivity contribution in [3.63, 3.8) is 0 Å². The maximum absolute atomic E-state index is 12.1. The molecule has 0 aliphatic rings. The van der Waals surface area contributed by atoms with E-state index in [0.29, 0.717) is 18.0 Å². The number of amides is 1. The van der Waals surface area contributed by atoms with Crippen LogP contribution < -0.4 is 5.32 Å². The zero-order valence-corrected chi connectivity index (χ0v) is 13.0. The second-order valence-electron chi connectivity index (χ2n) is 5.20. The normalized spacial score (nSPS) is 13.8. The molecule has 0 fully saturated rings. The van der Waals surface area contributed by atoms with E-state index < -0.39 is 0 Å². The third-order valence-corrected chi connectivity index (χ3v) is 3.48. The molecule has 4 nitrogen and oxygen atoms in total. The van der Waals surface area contributed by atoms with Gasteiger partial charge in [0.2, 0.25) is 5.91 Å². The Morgan fingerprint density at radius 3 is 2.60 bits per heavy atom. The minimum atomic E-state index is -0.00771. The van der Waals surface area contributed by atoms with Crippen LogP contribution in [0.5, 0.6) is 0 Å². The number of aliphatic hydroxyl groups is 1. The number of nitrogens with zero attached hydrogens (tertiary/aromatic N) is 1. The molecule has 1 amide bonds. The molecule has 2 atom stereocenters. The molecule has 0 bridgehead atoms. The summed E-state index contributed by atoms with van der Waals surface area (Å²) in [7, 11) is 1.77. The lowest BCUT2D eigenvalue weighted by atomic mass is 10.1. The maximum atomic E-state index is 12.1. The summed E-state index contributed by atoms with van der Waals surface area (Å²) in [6, 6.07) is 7.54. The molecular formula is C15H23ClN2O2. The van der Waals surface area contributed by atoms with Gasteiger partial charge in [0, 0.05) is 37.1 Å². The topological polar surface area (TPSA) is 52.6 Å². The van der Waals surface area contributed by atoms with E-state index in [1.165, 1.54) is 0 Å². The van der Waals surface area contributed by atoms with Crippen LogP contribution in [0.4, 0.5) is 0 Å². The monoisotopic (exact) mass is 298 g/mol. The van der Waals surface area contributed by atoms with Gasteiger partial charge in [0.15, 0.2) is 0 Å². The molecule has 5 heteroatoms. The van der Waals surface area contributed by atoms with Crippen molar-refractivity contribution >= 4 is 17.5 Å². The largest absolute Gasteiger partial charge is 0.395 e. The third-order valence-electron chi connectivity index (χ3n) is 3.11. The fraction of sp³-hybridized carbons (Fsp3) is 0.533. The summed E-state index contributed by atoms with van der Waals surface area (Å²) >= 11 is 6.09. The number of hydrogen-bond donors (Lipinski definition) is 2. The first-order chi connectivity index (χ1) is 9.43. The standard InChI is InChI=1S/C15H23ClN2O2/c1-11(17-12(2)10-19)8-15(20)18(3)9-13-6-4-5-7-14(13)16/h4-7,11-12,17,19H,8-10H2,1-3H3/t11?,12-/m1/s1. The zero-order valence-electron chi connectivity index (χ0n) is 12.3. The second-order valence-corrected chi connectivity index (χ2v) is 5.60. The smallest absolute Gasteiger partial charge is 0.224 e. The van der Waals surface area contributed by atoms with E-state index in [1.807, 2.05) is 38.1 Å². The van der Waals surface area contributed by atoms with E-state index in [4.69, 9.17) is 16.7 Å². The predicted molar refractivity (Wildman–Crippen MR) is 81.7 cm³/mol. The van der Waals surface area contributed by atoms with Gasteiger partial charge in [-0.1, -0.05) is 29.8 Å². The van der Waals surface area contributed by atoms with Crippen molar-refractivity contribution in [2.75, 3.05) is 13.7 Å². The van der Waals surface area contributed by atoms with Gasteiger partial charge in [-0.05, 0) is 25.5 Å². The number of rotatable bonds is 7. The molecule has 2 N–H and O–H groups in total. The molecule has 0 radical (unpaired) electrons. The highest BCUT2D eigenvalue weighted by atomic mass is 35.5. The van der Waals surface area contributed by atoms with Crippen LogP contribution >= 0.6 is 11.6 Å². The molecule has 1 aromatic carbocycles. The number of aliphatic hydroxyl groups excluding tert-OH is 1. The predicted octanol–water partition coefficient (Wildman–Crippen LogP) is 2.05. The maximum Gasteiger partial charge on any atom is 0.224 e. The summed E-state index contributed by atoms with van der Waals surface area (Å²) in [6.45, 7) is 4.39. The Kier molecular flexibility index (Phi) is 6.99. The van der Waals surface area contributed by atoms with E-state index in [1.54, 1.807) is 11.9 Å². The molecule has 0 aromatic heterocycles. The molecule has 112 valence electrons. The van der Waals surface area contributed by atoms with E-state index in [-0.39, 0.29) is 24.6 Å². The fourth-order valence-corrected chi connectivity index (χ4v) is 2.18. The van der Waals surface area contributed by atoms with Gasteiger partial charge in [0.1, 0.15) is 0 Å². The second kappa shape index (κ2) is 8.25. The molecule has 0 heterocycles. The number of benzene rings is 1. The Labute approximate surface area is 125 Å². The van der Waals surface area contributed by atoms with Crippen molar-refractivity contribution in [3.8, 4) is 0 Å². The van der Waals surface area contributed by atoms with Gasteiger partial charge < -0.3 is 15.3 Å². The SMILES string of the molecule is CC(CC(=O)N(C)Cc1ccccc1Cl)N[C@H](C)CO. The highest BCUT2D eigenvalue weighted by Crippen LogP contribution is 2.16. The van der Waals surface area contributed by atoms with Crippen LogP contribution in [0.3, 0.4) is 0 Å². The zero-order chi connectivity index (χ0) is 15.1. The summed E-state index contributed by atoms with van der Waals surface area (Å²) in [4.78, 5) is 13.8. The van der Waals surface area contributed by atoms with Crippen molar-refractivity contribution in [2.45, 2.75) is 38.9 Å². The van der Waals surface area contributed by atoms with Gasteiger partial charge in [-0.25, -0.2) is 0 Å². The molecule has 1 aromatic rings. The van der Waals surface area contributed by atoms with Gasteiger partial charge in [-0.3, -0.25) is 4.79 Å². The van der Waals surface area contributed by atoms with Crippen LogP contribution in [0.15, 0.2) is 24.3 Å². The lowest BCUT2D eigenvalue weighted by Gasteiger charge is -2.22. The first-order valence-electron chi connectivity index (χ1n) is 6.78. The summed E-state index contributed by atoms with van der Waals surface area (Å²) in [5, 5.41) is 12.8. The van der Waals surface area contributed by atoms with Gasteiger partial charge in [0.25, 0.3) is 0 Å². The van der Waals surface area contributed by atoms with Crippen LogP contribution in [0.1, 0.15) is 25.8 Å². The van der Waals surface area contributed by atoms with Crippen molar-refractivity contribution < 1.29 is 9.90 Å². The molecule has 1 unspecified atom stereocenters. The first-order valence-corrected chi connectivity index (χ1v) is 7.16. The number of halogens is 1. The Balaban J connectivity index is 2.49.